The van der Waals surface area contributed by atoms with E-state index in [1.165, 1.54) is 0 Å². The fourth-order valence-corrected chi connectivity index (χ4v) is 2.74. The van der Waals surface area contributed by atoms with E-state index in [9.17, 15) is 9.59 Å². The van der Waals surface area contributed by atoms with Crippen LogP contribution in [0.15, 0.2) is 24.3 Å². The van der Waals surface area contributed by atoms with Gasteiger partial charge in [-0.15, -0.1) is 0 Å². The quantitative estimate of drug-likeness (QED) is 0.580. The molecule has 0 unspecified atom stereocenters. The van der Waals surface area contributed by atoms with Crippen molar-refractivity contribution in [2.45, 2.75) is 12.8 Å². The van der Waals surface area contributed by atoms with E-state index >= 15 is 0 Å². The molecule has 0 bridgehead atoms. The summed E-state index contributed by atoms with van der Waals surface area (Å²) in [6.45, 7) is 2.36. The standard InChI is InChI=1S/C17H23NO5/c1-22-10-11-23-15-4-2-13(3-5-15)17(21)14-6-8-18(9-7-14)12-16(19)20/h2-5,14H,6-12H2,1H3,(H,19,20). The highest BCUT2D eigenvalue weighted by Crippen LogP contribution is 2.23. The Morgan fingerprint density at radius 3 is 2.39 bits per heavy atom. The van der Waals surface area contributed by atoms with Crippen molar-refractivity contribution in [3.8, 4) is 5.75 Å². The number of hydrogen-bond donors (Lipinski definition) is 1. The van der Waals surface area contributed by atoms with E-state index in [1.807, 2.05) is 4.90 Å². The zero-order valence-corrected chi connectivity index (χ0v) is 13.4. The van der Waals surface area contributed by atoms with Gasteiger partial charge < -0.3 is 14.6 Å². The molecule has 6 heteroatoms. The minimum absolute atomic E-state index is 0.0275. The summed E-state index contributed by atoms with van der Waals surface area (Å²) in [5.74, 6) is -0.00237. The van der Waals surface area contributed by atoms with Gasteiger partial charge >= 0.3 is 5.97 Å². The number of carboxylic acid groups (broad SMARTS) is 1. The Morgan fingerprint density at radius 1 is 1.17 bits per heavy atom. The first-order valence-electron chi connectivity index (χ1n) is 7.80. The molecule has 0 radical (unpaired) electrons. The van der Waals surface area contributed by atoms with Crippen LogP contribution in [0.25, 0.3) is 0 Å². The number of piperidine rings is 1. The normalized spacial score (nSPS) is 16.2. The summed E-state index contributed by atoms with van der Waals surface area (Å²) in [5.41, 5.74) is 0.681. The predicted molar refractivity (Wildman–Crippen MR) is 84.9 cm³/mol. The summed E-state index contributed by atoms with van der Waals surface area (Å²) in [6.07, 6.45) is 1.41. The van der Waals surface area contributed by atoms with Crippen LogP contribution in [0.4, 0.5) is 0 Å². The first-order chi connectivity index (χ1) is 11.1. The summed E-state index contributed by atoms with van der Waals surface area (Å²) in [5, 5.41) is 8.79. The van der Waals surface area contributed by atoms with Crippen molar-refractivity contribution in [2.24, 2.45) is 5.92 Å². The van der Waals surface area contributed by atoms with Gasteiger partial charge in [-0.1, -0.05) is 0 Å². The topological polar surface area (TPSA) is 76.1 Å². The molecule has 1 heterocycles. The van der Waals surface area contributed by atoms with E-state index in [-0.39, 0.29) is 18.2 Å². The molecule has 0 spiro atoms. The smallest absolute Gasteiger partial charge is 0.317 e. The molecule has 6 nitrogen and oxygen atoms in total. The van der Waals surface area contributed by atoms with Crippen LogP contribution < -0.4 is 4.74 Å². The molecular weight excluding hydrogens is 298 g/mol. The molecule has 1 aromatic carbocycles. The number of likely N-dealkylation sites (tertiary alicyclic amines) is 1. The Morgan fingerprint density at radius 2 is 1.83 bits per heavy atom. The number of nitrogens with zero attached hydrogens (tertiary/aromatic N) is 1. The van der Waals surface area contributed by atoms with Gasteiger partial charge in [-0.3, -0.25) is 14.5 Å². The van der Waals surface area contributed by atoms with Gasteiger partial charge in [0, 0.05) is 18.6 Å². The first-order valence-corrected chi connectivity index (χ1v) is 7.80. The molecule has 0 atom stereocenters. The van der Waals surface area contributed by atoms with E-state index in [4.69, 9.17) is 14.6 Å². The highest BCUT2D eigenvalue weighted by atomic mass is 16.5. The highest BCUT2D eigenvalue weighted by molar-refractivity contribution is 5.98. The molecule has 0 aliphatic carbocycles. The van der Waals surface area contributed by atoms with E-state index < -0.39 is 5.97 Å². The molecular formula is C17H23NO5. The van der Waals surface area contributed by atoms with Crippen molar-refractivity contribution >= 4 is 11.8 Å². The van der Waals surface area contributed by atoms with E-state index in [0.29, 0.717) is 44.7 Å². The van der Waals surface area contributed by atoms with Crippen molar-refractivity contribution in [1.82, 2.24) is 4.90 Å². The van der Waals surface area contributed by atoms with Crippen LogP contribution in [0.1, 0.15) is 23.2 Å². The lowest BCUT2D eigenvalue weighted by Crippen LogP contribution is -2.39. The number of aliphatic carboxylic acids is 1. The number of hydrogen-bond acceptors (Lipinski definition) is 5. The Labute approximate surface area is 136 Å². The third-order valence-electron chi connectivity index (χ3n) is 4.01. The maximum absolute atomic E-state index is 12.5. The zero-order chi connectivity index (χ0) is 16.7. The molecule has 1 saturated heterocycles. The van der Waals surface area contributed by atoms with Crippen LogP contribution >= 0.6 is 0 Å². The third kappa shape index (κ3) is 5.33. The average molecular weight is 321 g/mol. The average Bonchev–Trinajstić information content (AvgIpc) is 2.55. The maximum Gasteiger partial charge on any atom is 0.317 e. The summed E-state index contributed by atoms with van der Waals surface area (Å²) in [6, 6.07) is 7.16. The summed E-state index contributed by atoms with van der Waals surface area (Å²) >= 11 is 0. The highest BCUT2D eigenvalue weighted by Gasteiger charge is 2.26. The van der Waals surface area contributed by atoms with E-state index in [1.54, 1.807) is 31.4 Å². The minimum atomic E-state index is -0.821. The van der Waals surface area contributed by atoms with Crippen molar-refractivity contribution in [1.29, 1.82) is 0 Å². The molecule has 0 saturated carbocycles. The number of rotatable bonds is 8. The second kappa shape index (κ2) is 8.64. The van der Waals surface area contributed by atoms with Gasteiger partial charge in [0.2, 0.25) is 0 Å². The van der Waals surface area contributed by atoms with Crippen LogP contribution in [0.3, 0.4) is 0 Å². The second-order valence-corrected chi connectivity index (χ2v) is 5.67. The van der Waals surface area contributed by atoms with Gasteiger partial charge in [-0.05, 0) is 50.2 Å². The van der Waals surface area contributed by atoms with Crippen molar-refractivity contribution in [3.05, 3.63) is 29.8 Å². The lowest BCUT2D eigenvalue weighted by atomic mass is 9.89. The molecule has 0 amide bonds. The number of carboxylic acids is 1. The SMILES string of the molecule is COCCOc1ccc(C(=O)C2CCN(CC(=O)O)CC2)cc1. The minimum Gasteiger partial charge on any atom is -0.491 e. The molecule has 0 aromatic heterocycles. The lowest BCUT2D eigenvalue weighted by Gasteiger charge is -2.29. The fourth-order valence-electron chi connectivity index (χ4n) is 2.74. The Hall–Kier alpha value is -1.92. The maximum atomic E-state index is 12.5. The number of benzene rings is 1. The van der Waals surface area contributed by atoms with E-state index in [0.717, 1.165) is 5.75 Å². The van der Waals surface area contributed by atoms with Crippen LogP contribution in [0.5, 0.6) is 5.75 Å². The molecule has 23 heavy (non-hydrogen) atoms. The first kappa shape index (κ1) is 17.4. The van der Waals surface area contributed by atoms with E-state index in [2.05, 4.69) is 0 Å². The number of ether oxygens (including phenoxy) is 2. The molecule has 1 aliphatic rings. The van der Waals surface area contributed by atoms with Crippen molar-refractivity contribution in [2.75, 3.05) is 40.0 Å². The van der Waals surface area contributed by atoms with Crippen molar-refractivity contribution < 1.29 is 24.2 Å². The zero-order valence-electron chi connectivity index (χ0n) is 13.4. The van der Waals surface area contributed by atoms with Crippen LogP contribution in [-0.4, -0.2) is 61.7 Å². The number of ketones is 1. The van der Waals surface area contributed by atoms with Gasteiger partial charge in [0.1, 0.15) is 12.4 Å². The number of carbonyl (C=O) groups excluding carboxylic acids is 1. The molecule has 1 fully saturated rings. The molecule has 1 aromatic rings. The van der Waals surface area contributed by atoms with Crippen LogP contribution in [0, 0.1) is 5.92 Å². The largest absolute Gasteiger partial charge is 0.491 e. The lowest BCUT2D eigenvalue weighted by molar-refractivity contribution is -0.138. The van der Waals surface area contributed by atoms with Crippen LogP contribution in [0.2, 0.25) is 0 Å². The summed E-state index contributed by atoms with van der Waals surface area (Å²) < 4.78 is 10.4. The van der Waals surface area contributed by atoms with Gasteiger partial charge in [0.05, 0.1) is 13.2 Å². The number of Topliss-reactive ketones (excluding diaryl/α,β-unsaturated/α-hetero) is 1. The van der Waals surface area contributed by atoms with Crippen LogP contribution in [-0.2, 0) is 9.53 Å². The molecule has 1 N–H and O–H groups in total. The van der Waals surface area contributed by atoms with Gasteiger partial charge in [-0.2, -0.15) is 0 Å². The number of carbonyl (C=O) groups is 2. The van der Waals surface area contributed by atoms with Gasteiger partial charge in [-0.25, -0.2) is 0 Å². The van der Waals surface area contributed by atoms with Crippen molar-refractivity contribution in [3.63, 3.8) is 0 Å². The fraction of sp³-hybridized carbons (Fsp3) is 0.529. The van der Waals surface area contributed by atoms with Gasteiger partial charge in [0.25, 0.3) is 0 Å². The Balaban J connectivity index is 1.85. The predicted octanol–water partition coefficient (Wildman–Crippen LogP) is 1.69. The third-order valence-corrected chi connectivity index (χ3v) is 4.01. The molecule has 2 rings (SSSR count). The Bertz CT molecular complexity index is 520. The monoisotopic (exact) mass is 321 g/mol. The number of methoxy groups -OCH3 is 1. The molecule has 126 valence electrons. The Kier molecular flexibility index (Phi) is 6.55. The van der Waals surface area contributed by atoms with Gasteiger partial charge in [0.15, 0.2) is 5.78 Å². The summed E-state index contributed by atoms with van der Waals surface area (Å²) in [7, 11) is 1.62. The summed E-state index contributed by atoms with van der Waals surface area (Å²) in [4.78, 5) is 25.1. The second-order valence-electron chi connectivity index (χ2n) is 5.67. The molecule has 1 aliphatic heterocycles.